The average molecular weight is 289 g/mol. The fraction of sp³-hybridized carbons (Fsp3) is 0.300. The fourth-order valence-electron chi connectivity index (χ4n) is 1.04. The number of halogens is 1. The third-order valence-corrected chi connectivity index (χ3v) is 2.19. The summed E-state index contributed by atoms with van der Waals surface area (Å²) in [5.74, 6) is -0.343. The summed E-state index contributed by atoms with van der Waals surface area (Å²) in [7, 11) is 1.56. The average Bonchev–Trinajstić information content (AvgIpc) is 2.22. The number of anilines is 1. The minimum atomic E-state index is -0.343. The van der Waals surface area contributed by atoms with Crippen molar-refractivity contribution in [2.75, 3.05) is 26.1 Å². The first-order valence-corrected chi connectivity index (χ1v) is 5.40. The topological polar surface area (TPSA) is 73.6 Å². The summed E-state index contributed by atoms with van der Waals surface area (Å²) in [6.45, 7) is 0.715. The van der Waals surface area contributed by atoms with Crippen molar-refractivity contribution in [2.24, 2.45) is 0 Å². The fourth-order valence-corrected chi connectivity index (χ4v) is 1.55. The van der Waals surface area contributed by atoms with Gasteiger partial charge in [0.05, 0.1) is 13.2 Å². The molecule has 0 aliphatic rings. The van der Waals surface area contributed by atoms with Crippen LogP contribution in [0.4, 0.5) is 5.69 Å². The molecule has 0 unspecified atom stereocenters. The molecular formula is C10H13BrN2O3. The molecule has 3 N–H and O–H groups in total. The summed E-state index contributed by atoms with van der Waals surface area (Å²) < 4.78 is 5.51. The van der Waals surface area contributed by atoms with E-state index in [1.165, 1.54) is 0 Å². The van der Waals surface area contributed by atoms with Crippen LogP contribution in [0.25, 0.3) is 0 Å². The van der Waals surface area contributed by atoms with E-state index in [4.69, 9.17) is 15.3 Å². The van der Waals surface area contributed by atoms with Crippen LogP contribution in [0, 0.1) is 0 Å². The van der Waals surface area contributed by atoms with Crippen LogP contribution in [-0.2, 0) is 9.57 Å². The van der Waals surface area contributed by atoms with Crippen LogP contribution in [0.2, 0.25) is 0 Å². The summed E-state index contributed by atoms with van der Waals surface area (Å²) in [6, 6.07) is 4.94. The van der Waals surface area contributed by atoms with E-state index in [1.54, 1.807) is 25.3 Å². The van der Waals surface area contributed by atoms with Crippen LogP contribution in [0.1, 0.15) is 10.4 Å². The number of methoxy groups -OCH3 is 1. The van der Waals surface area contributed by atoms with Crippen LogP contribution in [-0.4, -0.2) is 26.2 Å². The van der Waals surface area contributed by atoms with Gasteiger partial charge in [0, 0.05) is 22.8 Å². The van der Waals surface area contributed by atoms with Crippen molar-refractivity contribution in [3.63, 3.8) is 0 Å². The largest absolute Gasteiger partial charge is 0.399 e. The third kappa shape index (κ3) is 4.18. The molecule has 0 heterocycles. The molecule has 0 aliphatic heterocycles. The van der Waals surface area contributed by atoms with Gasteiger partial charge in [-0.3, -0.25) is 9.63 Å². The Bertz CT molecular complexity index is 351. The maximum atomic E-state index is 11.6. The Morgan fingerprint density at radius 1 is 1.44 bits per heavy atom. The lowest BCUT2D eigenvalue weighted by Gasteiger charge is -2.06. The van der Waals surface area contributed by atoms with Gasteiger partial charge in [0.2, 0.25) is 0 Å². The second-order valence-corrected chi connectivity index (χ2v) is 3.96. The van der Waals surface area contributed by atoms with Gasteiger partial charge in [-0.25, -0.2) is 5.48 Å². The molecule has 1 aromatic rings. The van der Waals surface area contributed by atoms with Crippen molar-refractivity contribution >= 4 is 27.5 Å². The summed E-state index contributed by atoms with van der Waals surface area (Å²) in [4.78, 5) is 16.4. The minimum Gasteiger partial charge on any atom is -0.399 e. The van der Waals surface area contributed by atoms with E-state index < -0.39 is 0 Å². The third-order valence-electron chi connectivity index (χ3n) is 1.74. The summed E-state index contributed by atoms with van der Waals surface area (Å²) in [5.41, 5.74) is 8.84. The lowest BCUT2D eigenvalue weighted by atomic mass is 10.2. The van der Waals surface area contributed by atoms with E-state index in [-0.39, 0.29) is 5.91 Å². The molecule has 88 valence electrons. The Kier molecular flexibility index (Phi) is 5.24. The predicted octanol–water partition coefficient (Wildman–Crippen LogP) is 1.34. The van der Waals surface area contributed by atoms with E-state index in [0.717, 1.165) is 4.47 Å². The molecule has 0 saturated heterocycles. The Labute approximate surface area is 102 Å². The second kappa shape index (κ2) is 6.47. The molecule has 16 heavy (non-hydrogen) atoms. The van der Waals surface area contributed by atoms with Crippen molar-refractivity contribution in [2.45, 2.75) is 0 Å². The molecule has 5 nitrogen and oxygen atoms in total. The molecule has 0 aliphatic carbocycles. The number of carbonyl (C=O) groups is 1. The Morgan fingerprint density at radius 2 is 2.19 bits per heavy atom. The van der Waals surface area contributed by atoms with Gasteiger partial charge in [-0.1, -0.05) is 15.9 Å². The zero-order valence-electron chi connectivity index (χ0n) is 8.83. The number of nitrogens with one attached hydrogen (secondary N) is 1. The van der Waals surface area contributed by atoms with Gasteiger partial charge in [-0.05, 0) is 18.2 Å². The van der Waals surface area contributed by atoms with Gasteiger partial charge >= 0.3 is 0 Å². The van der Waals surface area contributed by atoms with Gasteiger partial charge in [-0.15, -0.1) is 0 Å². The van der Waals surface area contributed by atoms with Crippen LogP contribution >= 0.6 is 15.9 Å². The smallest absolute Gasteiger partial charge is 0.274 e. The number of benzene rings is 1. The molecule has 0 bridgehead atoms. The minimum absolute atomic E-state index is 0.297. The van der Waals surface area contributed by atoms with Crippen molar-refractivity contribution < 1.29 is 14.4 Å². The van der Waals surface area contributed by atoms with Gasteiger partial charge < -0.3 is 10.5 Å². The maximum absolute atomic E-state index is 11.6. The molecule has 1 aromatic carbocycles. The molecule has 1 amide bonds. The van der Waals surface area contributed by atoms with Crippen LogP contribution < -0.4 is 11.2 Å². The van der Waals surface area contributed by atoms with Crippen LogP contribution in [0.5, 0.6) is 0 Å². The normalized spacial score (nSPS) is 10.1. The predicted molar refractivity (Wildman–Crippen MR) is 63.8 cm³/mol. The lowest BCUT2D eigenvalue weighted by Crippen LogP contribution is -2.25. The zero-order chi connectivity index (χ0) is 12.0. The van der Waals surface area contributed by atoms with E-state index in [0.29, 0.717) is 24.5 Å². The molecule has 0 radical (unpaired) electrons. The zero-order valence-corrected chi connectivity index (χ0v) is 10.4. The number of hydrogen-bond acceptors (Lipinski definition) is 4. The molecule has 0 spiro atoms. The highest BCUT2D eigenvalue weighted by molar-refractivity contribution is 9.10. The maximum Gasteiger partial charge on any atom is 0.274 e. The Morgan fingerprint density at radius 3 is 2.81 bits per heavy atom. The number of carbonyl (C=O) groups excluding carboxylic acids is 1. The highest BCUT2D eigenvalue weighted by atomic mass is 79.9. The molecule has 0 aromatic heterocycles. The van der Waals surface area contributed by atoms with Gasteiger partial charge in [0.1, 0.15) is 0 Å². The number of amides is 1. The number of nitrogens with two attached hydrogens (primary N) is 1. The number of ether oxygens (including phenoxy) is 1. The molecule has 0 atom stereocenters. The Balaban J connectivity index is 2.52. The first-order valence-electron chi connectivity index (χ1n) is 4.60. The number of hydrogen-bond donors (Lipinski definition) is 2. The lowest BCUT2D eigenvalue weighted by molar-refractivity contribution is 0.00889. The molecule has 1 rings (SSSR count). The van der Waals surface area contributed by atoms with Crippen molar-refractivity contribution in [3.05, 3.63) is 28.2 Å². The quantitative estimate of drug-likeness (QED) is 0.487. The second-order valence-electron chi connectivity index (χ2n) is 3.05. The van der Waals surface area contributed by atoms with Gasteiger partial charge in [0.25, 0.3) is 5.91 Å². The molecule has 0 fully saturated rings. The molecular weight excluding hydrogens is 276 g/mol. The highest BCUT2D eigenvalue weighted by Gasteiger charge is 2.06. The summed E-state index contributed by atoms with van der Waals surface area (Å²) in [5, 5.41) is 0. The monoisotopic (exact) mass is 288 g/mol. The number of hydroxylamine groups is 1. The van der Waals surface area contributed by atoms with E-state index in [1.807, 2.05) is 0 Å². The van der Waals surface area contributed by atoms with Crippen molar-refractivity contribution in [1.82, 2.24) is 5.48 Å². The van der Waals surface area contributed by atoms with Crippen molar-refractivity contribution in [1.29, 1.82) is 0 Å². The summed E-state index contributed by atoms with van der Waals surface area (Å²) >= 11 is 3.25. The van der Waals surface area contributed by atoms with Crippen LogP contribution in [0.3, 0.4) is 0 Å². The van der Waals surface area contributed by atoms with Crippen LogP contribution in [0.15, 0.2) is 22.7 Å². The summed E-state index contributed by atoms with van der Waals surface area (Å²) in [6.07, 6.45) is 0. The molecule has 0 saturated carbocycles. The highest BCUT2D eigenvalue weighted by Crippen LogP contribution is 2.17. The van der Waals surface area contributed by atoms with E-state index in [2.05, 4.69) is 21.4 Å². The standard InChI is InChI=1S/C10H13BrN2O3/c1-15-2-3-16-13-10(14)7-4-8(11)6-9(12)5-7/h4-6H,2-3,12H2,1H3,(H,13,14). The van der Waals surface area contributed by atoms with E-state index >= 15 is 0 Å². The van der Waals surface area contributed by atoms with E-state index in [9.17, 15) is 4.79 Å². The molecule has 6 heteroatoms. The first-order chi connectivity index (χ1) is 7.63. The Hall–Kier alpha value is -1.11. The first kappa shape index (κ1) is 13.0. The van der Waals surface area contributed by atoms with Gasteiger partial charge in [-0.2, -0.15) is 0 Å². The van der Waals surface area contributed by atoms with Gasteiger partial charge in [0.15, 0.2) is 0 Å². The van der Waals surface area contributed by atoms with Crippen molar-refractivity contribution in [3.8, 4) is 0 Å². The number of nitrogen functional groups attached to an aromatic ring is 1. The SMILES string of the molecule is COCCONC(=O)c1cc(N)cc(Br)c1. The number of rotatable bonds is 5.